The van der Waals surface area contributed by atoms with Crippen molar-refractivity contribution in [2.24, 2.45) is 5.41 Å². The molecule has 0 bridgehead atoms. The zero-order valence-electron chi connectivity index (χ0n) is 17.2. The zero-order valence-corrected chi connectivity index (χ0v) is 18.4. The lowest BCUT2D eigenvalue weighted by Gasteiger charge is -2.35. The minimum atomic E-state index is -1.16. The van der Waals surface area contributed by atoms with Crippen LogP contribution in [-0.4, -0.2) is 21.1 Å². The van der Waals surface area contributed by atoms with Crippen molar-refractivity contribution in [2.45, 2.75) is 59.2 Å². The molecule has 3 nitrogen and oxygen atoms in total. The predicted octanol–water partition coefficient (Wildman–Crippen LogP) is 5.53. The van der Waals surface area contributed by atoms with E-state index < -0.39 is 9.04 Å². The smallest absolute Gasteiger partial charge is 0.308 e. The molecule has 1 aliphatic rings. The third kappa shape index (κ3) is 4.17. The Morgan fingerprint density at radius 3 is 2.37 bits per heavy atom. The van der Waals surface area contributed by atoms with Gasteiger partial charge in [0, 0.05) is 18.4 Å². The zero-order chi connectivity index (χ0) is 19.8. The Labute approximate surface area is 164 Å². The minimum Gasteiger partial charge on any atom is -0.426 e. The molecule has 2 unspecified atom stereocenters. The molecule has 0 N–H and O–H groups in total. The summed E-state index contributed by atoms with van der Waals surface area (Å²) in [4.78, 5) is 11.6. The fraction of sp³-hybridized carbons (Fsp3) is 0.435. The van der Waals surface area contributed by atoms with Crippen LogP contribution in [0.25, 0.3) is 11.1 Å². The second-order valence-corrected chi connectivity index (χ2v) is 11.1. The van der Waals surface area contributed by atoms with Crippen molar-refractivity contribution in [3.8, 4) is 16.9 Å². The van der Waals surface area contributed by atoms with Gasteiger partial charge >= 0.3 is 5.97 Å². The molecular formula is C23H30O3Si. The molecule has 0 heterocycles. The molecule has 0 saturated heterocycles. The number of ether oxygens (including phenoxy) is 1. The van der Waals surface area contributed by atoms with Crippen LogP contribution in [0.15, 0.2) is 42.5 Å². The van der Waals surface area contributed by atoms with Crippen molar-refractivity contribution in [2.75, 3.05) is 0 Å². The van der Waals surface area contributed by atoms with Crippen molar-refractivity contribution in [1.82, 2.24) is 0 Å². The van der Waals surface area contributed by atoms with E-state index >= 15 is 0 Å². The van der Waals surface area contributed by atoms with Crippen molar-refractivity contribution < 1.29 is 14.0 Å². The lowest BCUT2D eigenvalue weighted by atomic mass is 9.81. The average molecular weight is 383 g/mol. The van der Waals surface area contributed by atoms with E-state index in [1.807, 2.05) is 18.2 Å². The summed E-state index contributed by atoms with van der Waals surface area (Å²) in [5.74, 6) is 0.621. The first-order valence-corrected chi connectivity index (χ1v) is 12.5. The first-order valence-electron chi connectivity index (χ1n) is 9.74. The first-order chi connectivity index (χ1) is 12.7. The molecule has 0 radical (unpaired) electrons. The van der Waals surface area contributed by atoms with E-state index in [1.165, 1.54) is 23.6 Å². The van der Waals surface area contributed by atoms with Gasteiger partial charge in [-0.2, -0.15) is 0 Å². The van der Waals surface area contributed by atoms with E-state index in [2.05, 4.69) is 58.1 Å². The maximum atomic E-state index is 11.6. The molecule has 2 atom stereocenters. The van der Waals surface area contributed by atoms with Gasteiger partial charge in [0.1, 0.15) is 5.75 Å². The van der Waals surface area contributed by atoms with Gasteiger partial charge < -0.3 is 9.16 Å². The molecule has 0 aliphatic heterocycles. The third-order valence-electron chi connectivity index (χ3n) is 5.15. The summed E-state index contributed by atoms with van der Waals surface area (Å²) in [5, 5.41) is 0. The summed E-state index contributed by atoms with van der Waals surface area (Å²) >= 11 is 0. The second kappa shape index (κ2) is 7.61. The Morgan fingerprint density at radius 2 is 1.74 bits per heavy atom. The Kier molecular flexibility index (Phi) is 5.59. The van der Waals surface area contributed by atoms with E-state index in [0.29, 0.717) is 5.75 Å². The van der Waals surface area contributed by atoms with E-state index in [9.17, 15) is 4.79 Å². The number of benzene rings is 2. The number of fused-ring (bicyclic) bond motifs is 3. The van der Waals surface area contributed by atoms with Crippen LogP contribution < -0.4 is 4.74 Å². The van der Waals surface area contributed by atoms with Gasteiger partial charge in [0.2, 0.25) is 0 Å². The normalized spacial score (nSPS) is 16.8. The molecule has 4 heteroatoms. The molecule has 0 saturated carbocycles. The topological polar surface area (TPSA) is 35.5 Å². The van der Waals surface area contributed by atoms with E-state index in [1.54, 1.807) is 0 Å². The van der Waals surface area contributed by atoms with Crippen LogP contribution in [-0.2, 0) is 9.22 Å². The fourth-order valence-electron chi connectivity index (χ4n) is 3.97. The minimum absolute atomic E-state index is 0.0719. The van der Waals surface area contributed by atoms with Gasteiger partial charge in [0.15, 0.2) is 9.04 Å². The third-order valence-corrected chi connectivity index (χ3v) is 6.02. The van der Waals surface area contributed by atoms with Crippen molar-refractivity contribution >= 4 is 15.0 Å². The number of hydrogen-bond acceptors (Lipinski definition) is 3. The molecule has 2 aromatic carbocycles. The van der Waals surface area contributed by atoms with Gasteiger partial charge in [-0.15, -0.1) is 0 Å². The molecule has 0 spiro atoms. The summed E-state index contributed by atoms with van der Waals surface area (Å²) in [6, 6.07) is 14.5. The largest absolute Gasteiger partial charge is 0.426 e. The Bertz CT molecular complexity index is 836. The highest BCUT2D eigenvalue weighted by molar-refractivity contribution is 6.48. The standard InChI is InChI=1S/C23H30O3Si/c1-15(24)25-20-13-9-12-18-19(14-21(23(2,3)4)26-27(5)6)16-10-7-8-11-17(16)22(18)20/h7-13,19,21,27H,14H2,1-6H3. The molecule has 0 amide bonds. The molecule has 0 aromatic heterocycles. The molecule has 27 heavy (non-hydrogen) atoms. The van der Waals surface area contributed by atoms with Gasteiger partial charge in [0.25, 0.3) is 0 Å². The molecule has 1 aliphatic carbocycles. The quantitative estimate of drug-likeness (QED) is 0.387. The van der Waals surface area contributed by atoms with Crippen LogP contribution in [0.3, 0.4) is 0 Å². The van der Waals surface area contributed by atoms with Crippen LogP contribution in [0.4, 0.5) is 0 Å². The molecule has 144 valence electrons. The van der Waals surface area contributed by atoms with Gasteiger partial charge in [-0.25, -0.2) is 0 Å². The van der Waals surface area contributed by atoms with E-state index in [4.69, 9.17) is 9.16 Å². The van der Waals surface area contributed by atoms with Crippen molar-refractivity contribution in [3.05, 3.63) is 53.6 Å². The number of hydrogen-bond donors (Lipinski definition) is 0. The van der Waals surface area contributed by atoms with Gasteiger partial charge in [-0.3, -0.25) is 4.79 Å². The number of carbonyl (C=O) groups is 1. The molecular weight excluding hydrogens is 352 g/mol. The average Bonchev–Trinajstić information content (AvgIpc) is 2.88. The highest BCUT2D eigenvalue weighted by Gasteiger charge is 2.36. The fourth-order valence-corrected chi connectivity index (χ4v) is 5.15. The van der Waals surface area contributed by atoms with E-state index in [0.717, 1.165) is 12.0 Å². The lowest BCUT2D eigenvalue weighted by Crippen LogP contribution is -2.34. The summed E-state index contributed by atoms with van der Waals surface area (Å²) in [7, 11) is -1.16. The number of carbonyl (C=O) groups excluding carboxylic acids is 1. The monoisotopic (exact) mass is 382 g/mol. The van der Waals surface area contributed by atoms with Crippen molar-refractivity contribution in [3.63, 3.8) is 0 Å². The van der Waals surface area contributed by atoms with Crippen molar-refractivity contribution in [1.29, 1.82) is 0 Å². The highest BCUT2D eigenvalue weighted by Crippen LogP contribution is 2.51. The summed E-state index contributed by atoms with van der Waals surface area (Å²) < 4.78 is 12.0. The van der Waals surface area contributed by atoms with Gasteiger partial charge in [0.05, 0.1) is 6.10 Å². The van der Waals surface area contributed by atoms with Gasteiger partial charge in [-0.05, 0) is 47.7 Å². The maximum absolute atomic E-state index is 11.6. The summed E-state index contributed by atoms with van der Waals surface area (Å²) in [5.41, 5.74) is 4.84. The molecule has 3 rings (SSSR count). The second-order valence-electron chi connectivity index (χ2n) is 8.73. The Balaban J connectivity index is 2.07. The lowest BCUT2D eigenvalue weighted by molar-refractivity contribution is -0.131. The maximum Gasteiger partial charge on any atom is 0.308 e. The number of esters is 1. The Hall–Kier alpha value is -1.91. The van der Waals surface area contributed by atoms with Crippen LogP contribution in [0.1, 0.15) is 51.2 Å². The highest BCUT2D eigenvalue weighted by atomic mass is 28.3. The summed E-state index contributed by atoms with van der Waals surface area (Å²) in [6.07, 6.45) is 1.12. The first kappa shape index (κ1) is 19.8. The van der Waals surface area contributed by atoms with Crippen LogP contribution in [0, 0.1) is 5.41 Å². The van der Waals surface area contributed by atoms with Gasteiger partial charge in [-0.1, -0.05) is 57.2 Å². The predicted molar refractivity (Wildman–Crippen MR) is 113 cm³/mol. The SMILES string of the molecule is CC(=O)Oc1cccc2c1-c1ccccc1C2CC(O[SiH](C)C)C(C)(C)C. The molecule has 0 fully saturated rings. The van der Waals surface area contributed by atoms with Crippen LogP contribution in [0.5, 0.6) is 5.75 Å². The molecule has 2 aromatic rings. The number of rotatable bonds is 5. The Morgan fingerprint density at radius 1 is 1.07 bits per heavy atom. The summed E-state index contributed by atoms with van der Waals surface area (Å²) in [6.45, 7) is 12.7. The van der Waals surface area contributed by atoms with Crippen LogP contribution in [0.2, 0.25) is 13.1 Å². The van der Waals surface area contributed by atoms with Crippen LogP contribution >= 0.6 is 0 Å². The van der Waals surface area contributed by atoms with E-state index in [-0.39, 0.29) is 23.4 Å².